The van der Waals surface area contributed by atoms with Crippen molar-refractivity contribution in [2.45, 2.75) is 70.8 Å². The Balaban J connectivity index is 1.58. The van der Waals surface area contributed by atoms with Gasteiger partial charge in [-0.25, -0.2) is 0 Å². The van der Waals surface area contributed by atoms with Crippen molar-refractivity contribution in [2.75, 3.05) is 13.7 Å². The minimum Gasteiger partial charge on any atom is -0.494 e. The van der Waals surface area contributed by atoms with E-state index in [1.807, 2.05) is 7.11 Å². The van der Waals surface area contributed by atoms with Gasteiger partial charge in [0, 0.05) is 7.11 Å². The number of fused-ring (bicyclic) bond motifs is 5. The first kappa shape index (κ1) is 16.4. The van der Waals surface area contributed by atoms with E-state index in [1.165, 1.54) is 38.5 Å². The molecular weight excluding hydrogens is 296 g/mol. The van der Waals surface area contributed by atoms with Crippen LogP contribution in [0.1, 0.15) is 69.4 Å². The third-order valence-corrected chi connectivity index (χ3v) is 7.37. The summed E-state index contributed by atoms with van der Waals surface area (Å²) in [5.74, 6) is 3.54. The largest absolute Gasteiger partial charge is 0.494 e. The maximum absolute atomic E-state index is 5.87. The molecule has 0 aliphatic heterocycles. The van der Waals surface area contributed by atoms with Crippen LogP contribution in [0.3, 0.4) is 0 Å². The maximum atomic E-state index is 5.87. The number of hydrogen-bond donors (Lipinski definition) is 0. The predicted octanol–water partition coefficient (Wildman–Crippen LogP) is 5.35. The van der Waals surface area contributed by atoms with Crippen LogP contribution in [0, 0.1) is 17.3 Å². The van der Waals surface area contributed by atoms with Crippen LogP contribution >= 0.6 is 0 Å². The molecular formula is C22H32O2. The molecule has 2 nitrogen and oxygen atoms in total. The smallest absolute Gasteiger partial charge is 0.119 e. The Morgan fingerprint density at radius 1 is 1.17 bits per heavy atom. The fourth-order valence-corrected chi connectivity index (χ4v) is 6.21. The van der Waals surface area contributed by atoms with Gasteiger partial charge in [0.1, 0.15) is 5.75 Å². The van der Waals surface area contributed by atoms with Gasteiger partial charge in [-0.15, -0.1) is 0 Å². The zero-order valence-electron chi connectivity index (χ0n) is 15.5. The van der Waals surface area contributed by atoms with E-state index in [0.717, 1.165) is 36.5 Å². The van der Waals surface area contributed by atoms with E-state index in [1.54, 1.807) is 11.1 Å². The van der Waals surface area contributed by atoms with E-state index >= 15 is 0 Å². The Bertz CT molecular complexity index is 596. The predicted molar refractivity (Wildman–Crippen MR) is 97.6 cm³/mol. The number of aryl methyl sites for hydroxylation is 1. The van der Waals surface area contributed by atoms with Crippen LogP contribution in [0.4, 0.5) is 0 Å². The number of ether oxygens (including phenoxy) is 2. The molecule has 0 bridgehead atoms. The van der Waals surface area contributed by atoms with Crippen molar-refractivity contribution in [2.24, 2.45) is 17.3 Å². The molecule has 2 fully saturated rings. The lowest BCUT2D eigenvalue weighted by atomic mass is 9.55. The summed E-state index contributed by atoms with van der Waals surface area (Å²) < 4.78 is 11.7. The molecule has 0 aromatic heterocycles. The summed E-state index contributed by atoms with van der Waals surface area (Å²) in [4.78, 5) is 0. The van der Waals surface area contributed by atoms with Crippen molar-refractivity contribution in [3.8, 4) is 5.75 Å². The lowest BCUT2D eigenvalue weighted by Gasteiger charge is -2.50. The lowest BCUT2D eigenvalue weighted by molar-refractivity contribution is -0.0444. The Morgan fingerprint density at radius 3 is 2.83 bits per heavy atom. The average molecular weight is 328 g/mol. The molecule has 0 N–H and O–H groups in total. The third kappa shape index (κ3) is 2.49. The zero-order chi connectivity index (χ0) is 16.7. The molecule has 0 radical (unpaired) electrons. The van der Waals surface area contributed by atoms with Gasteiger partial charge in [-0.1, -0.05) is 19.9 Å². The number of methoxy groups -OCH3 is 1. The quantitative estimate of drug-likeness (QED) is 0.742. The molecule has 3 aliphatic rings. The molecule has 132 valence electrons. The van der Waals surface area contributed by atoms with Crippen LogP contribution in [0.2, 0.25) is 0 Å². The lowest BCUT2D eigenvalue weighted by Crippen LogP contribution is -2.44. The van der Waals surface area contributed by atoms with E-state index in [2.05, 4.69) is 32.0 Å². The second-order valence-corrected chi connectivity index (χ2v) is 8.47. The highest BCUT2D eigenvalue weighted by Gasteiger charge is 2.54. The fraction of sp³-hybridized carbons (Fsp3) is 0.727. The maximum Gasteiger partial charge on any atom is 0.119 e. The SMILES string of the molecule is CCCOc1ccc2c(c1)CC[C@@H]1[C@@H]2CC[C@]2(C)[C@@H](OC)CC[C@H]12. The summed E-state index contributed by atoms with van der Waals surface area (Å²) in [6.45, 7) is 5.49. The second kappa shape index (κ2) is 6.37. The molecule has 0 amide bonds. The van der Waals surface area contributed by atoms with E-state index in [0.29, 0.717) is 11.5 Å². The first-order valence-electron chi connectivity index (χ1n) is 9.95. The monoisotopic (exact) mass is 328 g/mol. The molecule has 24 heavy (non-hydrogen) atoms. The number of rotatable bonds is 4. The van der Waals surface area contributed by atoms with E-state index in [4.69, 9.17) is 9.47 Å². The molecule has 1 aromatic rings. The van der Waals surface area contributed by atoms with Gasteiger partial charge >= 0.3 is 0 Å². The van der Waals surface area contributed by atoms with Crippen molar-refractivity contribution >= 4 is 0 Å². The molecule has 4 rings (SSSR count). The summed E-state index contributed by atoms with van der Waals surface area (Å²) in [7, 11) is 1.92. The Hall–Kier alpha value is -1.02. The molecule has 0 spiro atoms. The Kier molecular flexibility index (Phi) is 4.36. The number of benzene rings is 1. The van der Waals surface area contributed by atoms with Gasteiger partial charge in [-0.2, -0.15) is 0 Å². The van der Waals surface area contributed by atoms with Gasteiger partial charge in [0.25, 0.3) is 0 Å². The molecule has 2 heteroatoms. The molecule has 0 saturated heterocycles. The summed E-state index contributed by atoms with van der Waals surface area (Å²) in [5.41, 5.74) is 3.59. The summed E-state index contributed by atoms with van der Waals surface area (Å²) >= 11 is 0. The first-order valence-corrected chi connectivity index (χ1v) is 9.95. The van der Waals surface area contributed by atoms with Crippen LogP contribution in [0.15, 0.2) is 18.2 Å². The van der Waals surface area contributed by atoms with Gasteiger partial charge in [0.15, 0.2) is 0 Å². The van der Waals surface area contributed by atoms with E-state index < -0.39 is 0 Å². The Morgan fingerprint density at radius 2 is 2.04 bits per heavy atom. The summed E-state index contributed by atoms with van der Waals surface area (Å²) in [6, 6.07) is 6.90. The average Bonchev–Trinajstić information content (AvgIpc) is 2.95. The minimum absolute atomic E-state index is 0.414. The van der Waals surface area contributed by atoms with Crippen molar-refractivity contribution in [1.29, 1.82) is 0 Å². The highest BCUT2D eigenvalue weighted by Crippen LogP contribution is 2.61. The first-order chi connectivity index (χ1) is 11.7. The fourth-order valence-electron chi connectivity index (χ4n) is 6.21. The zero-order valence-corrected chi connectivity index (χ0v) is 15.5. The van der Waals surface area contributed by atoms with Crippen LogP contribution < -0.4 is 4.74 Å². The normalized spacial score (nSPS) is 37.5. The van der Waals surface area contributed by atoms with Crippen LogP contribution in [0.25, 0.3) is 0 Å². The number of hydrogen-bond acceptors (Lipinski definition) is 2. The van der Waals surface area contributed by atoms with Crippen LogP contribution in [-0.2, 0) is 11.2 Å². The molecule has 0 unspecified atom stereocenters. The van der Waals surface area contributed by atoms with Crippen molar-refractivity contribution < 1.29 is 9.47 Å². The van der Waals surface area contributed by atoms with Gasteiger partial charge in [-0.3, -0.25) is 0 Å². The topological polar surface area (TPSA) is 18.5 Å². The molecule has 1 aromatic carbocycles. The van der Waals surface area contributed by atoms with Crippen molar-refractivity contribution in [1.82, 2.24) is 0 Å². The van der Waals surface area contributed by atoms with Crippen molar-refractivity contribution in [3.63, 3.8) is 0 Å². The molecule has 2 saturated carbocycles. The standard InChI is InChI=1S/C22H32O2/c1-4-13-24-16-6-8-17-15(14-16)5-7-19-18(17)11-12-22(2)20(19)9-10-21(22)23-3/h6,8,14,18-21H,4-5,7,9-13H2,1-3H3/t18-,19-,20-,21+,22+/m1/s1. The third-order valence-electron chi connectivity index (χ3n) is 7.37. The Labute approximate surface area is 146 Å². The van der Waals surface area contributed by atoms with Gasteiger partial charge < -0.3 is 9.47 Å². The van der Waals surface area contributed by atoms with Gasteiger partial charge in [0.05, 0.1) is 12.7 Å². The molecule has 5 atom stereocenters. The van der Waals surface area contributed by atoms with E-state index in [9.17, 15) is 0 Å². The van der Waals surface area contributed by atoms with Gasteiger partial charge in [-0.05, 0) is 91.4 Å². The highest BCUT2D eigenvalue weighted by atomic mass is 16.5. The molecule has 3 aliphatic carbocycles. The van der Waals surface area contributed by atoms with Gasteiger partial charge in [0.2, 0.25) is 0 Å². The highest BCUT2D eigenvalue weighted by molar-refractivity contribution is 5.40. The van der Waals surface area contributed by atoms with Crippen LogP contribution in [-0.4, -0.2) is 19.8 Å². The van der Waals surface area contributed by atoms with Crippen LogP contribution in [0.5, 0.6) is 5.75 Å². The van der Waals surface area contributed by atoms with E-state index in [-0.39, 0.29) is 0 Å². The second-order valence-electron chi connectivity index (χ2n) is 8.47. The van der Waals surface area contributed by atoms with Crippen molar-refractivity contribution in [3.05, 3.63) is 29.3 Å². The summed E-state index contributed by atoms with van der Waals surface area (Å²) in [5, 5.41) is 0. The summed E-state index contributed by atoms with van der Waals surface area (Å²) in [6.07, 6.45) is 9.42. The minimum atomic E-state index is 0.414. The molecule has 0 heterocycles.